The van der Waals surface area contributed by atoms with Crippen molar-refractivity contribution in [3.05, 3.63) is 65.4 Å². The smallest absolute Gasteiger partial charge is 0.354 e. The topological polar surface area (TPSA) is 41.0 Å². The standard InChI is InChI=1S/C21H18ClF3N4/c22-18-13-27-8-7-17(18)20-16(14-1-3-15(4-2-14)21(23,24)25)5-6-19(28-20)29-11-9-26-10-12-29/h1-8,13,26H,9-12H2. The summed E-state index contributed by atoms with van der Waals surface area (Å²) in [5, 5.41) is 3.74. The van der Waals surface area contributed by atoms with Gasteiger partial charge in [0.05, 0.1) is 16.3 Å². The molecule has 1 saturated heterocycles. The third-order valence-electron chi connectivity index (χ3n) is 4.87. The van der Waals surface area contributed by atoms with E-state index < -0.39 is 11.7 Å². The van der Waals surface area contributed by atoms with Gasteiger partial charge in [0.15, 0.2) is 0 Å². The monoisotopic (exact) mass is 418 g/mol. The molecule has 0 unspecified atom stereocenters. The molecule has 0 atom stereocenters. The Kier molecular flexibility index (Phi) is 5.43. The Morgan fingerprint density at radius 2 is 1.66 bits per heavy atom. The first-order valence-corrected chi connectivity index (χ1v) is 9.55. The molecule has 0 bridgehead atoms. The van der Waals surface area contributed by atoms with Gasteiger partial charge in [0.2, 0.25) is 0 Å². The van der Waals surface area contributed by atoms with E-state index in [1.54, 1.807) is 12.3 Å². The molecule has 1 N–H and O–H groups in total. The fourth-order valence-corrected chi connectivity index (χ4v) is 3.57. The number of benzene rings is 1. The summed E-state index contributed by atoms with van der Waals surface area (Å²) in [5.74, 6) is 0.810. The number of nitrogens with one attached hydrogen (secondary N) is 1. The van der Waals surface area contributed by atoms with Crippen LogP contribution in [0.5, 0.6) is 0 Å². The summed E-state index contributed by atoms with van der Waals surface area (Å²) in [4.78, 5) is 11.0. The molecular formula is C21H18ClF3N4. The molecule has 3 aromatic rings. The maximum absolute atomic E-state index is 12.9. The fraction of sp³-hybridized carbons (Fsp3) is 0.238. The van der Waals surface area contributed by atoms with Crippen molar-refractivity contribution in [2.75, 3.05) is 31.1 Å². The van der Waals surface area contributed by atoms with Gasteiger partial charge in [-0.1, -0.05) is 23.7 Å². The molecule has 150 valence electrons. The van der Waals surface area contributed by atoms with Crippen molar-refractivity contribution in [1.29, 1.82) is 0 Å². The quantitative estimate of drug-likeness (QED) is 0.657. The number of rotatable bonds is 3. The van der Waals surface area contributed by atoms with Crippen molar-refractivity contribution in [2.45, 2.75) is 6.18 Å². The van der Waals surface area contributed by atoms with Gasteiger partial charge in [-0.25, -0.2) is 4.98 Å². The second kappa shape index (κ2) is 8.00. The molecule has 0 amide bonds. The van der Waals surface area contributed by atoms with E-state index in [0.717, 1.165) is 44.1 Å². The molecule has 4 nitrogen and oxygen atoms in total. The van der Waals surface area contributed by atoms with E-state index in [1.165, 1.54) is 18.3 Å². The summed E-state index contributed by atoms with van der Waals surface area (Å²) in [5.41, 5.74) is 1.97. The Morgan fingerprint density at radius 3 is 2.31 bits per heavy atom. The molecule has 2 aromatic heterocycles. The van der Waals surface area contributed by atoms with Gasteiger partial charge in [0, 0.05) is 49.7 Å². The van der Waals surface area contributed by atoms with E-state index in [2.05, 4.69) is 15.2 Å². The predicted octanol–water partition coefficient (Wildman–Crippen LogP) is 4.89. The van der Waals surface area contributed by atoms with Crippen LogP contribution in [0.15, 0.2) is 54.9 Å². The van der Waals surface area contributed by atoms with Crippen molar-refractivity contribution in [3.8, 4) is 22.4 Å². The zero-order chi connectivity index (χ0) is 20.4. The maximum atomic E-state index is 12.9. The first kappa shape index (κ1) is 19.7. The molecule has 29 heavy (non-hydrogen) atoms. The van der Waals surface area contributed by atoms with Crippen LogP contribution in [0.3, 0.4) is 0 Å². The first-order valence-electron chi connectivity index (χ1n) is 9.18. The number of halogens is 4. The number of hydrogen-bond donors (Lipinski definition) is 1. The number of piperazine rings is 1. The Bertz CT molecular complexity index is 1000. The predicted molar refractivity (Wildman–Crippen MR) is 108 cm³/mol. The van der Waals surface area contributed by atoms with Crippen LogP contribution in [0.1, 0.15) is 5.56 Å². The molecule has 0 saturated carbocycles. The minimum absolute atomic E-state index is 0.436. The Labute approximate surface area is 171 Å². The van der Waals surface area contributed by atoms with Gasteiger partial charge in [0.25, 0.3) is 0 Å². The highest BCUT2D eigenvalue weighted by Gasteiger charge is 2.30. The summed E-state index contributed by atoms with van der Waals surface area (Å²) in [7, 11) is 0. The van der Waals surface area contributed by atoms with Crippen LogP contribution in [0.2, 0.25) is 5.02 Å². The number of anilines is 1. The highest BCUT2D eigenvalue weighted by atomic mass is 35.5. The molecule has 0 spiro atoms. The van der Waals surface area contributed by atoms with E-state index in [0.29, 0.717) is 27.4 Å². The SMILES string of the molecule is FC(F)(F)c1ccc(-c2ccc(N3CCNCC3)nc2-c2ccncc2Cl)cc1. The van der Waals surface area contributed by atoms with E-state index in [9.17, 15) is 13.2 Å². The van der Waals surface area contributed by atoms with Crippen molar-refractivity contribution in [2.24, 2.45) is 0 Å². The number of hydrogen-bond acceptors (Lipinski definition) is 4. The van der Waals surface area contributed by atoms with Crippen LogP contribution in [0.4, 0.5) is 19.0 Å². The third kappa shape index (κ3) is 4.21. The van der Waals surface area contributed by atoms with Crippen LogP contribution in [-0.4, -0.2) is 36.1 Å². The first-order chi connectivity index (χ1) is 13.9. The van der Waals surface area contributed by atoms with Gasteiger partial charge in [-0.05, 0) is 35.9 Å². The van der Waals surface area contributed by atoms with Crippen LogP contribution >= 0.6 is 11.6 Å². The number of aromatic nitrogens is 2. The second-order valence-corrected chi connectivity index (χ2v) is 7.14. The Hall–Kier alpha value is -2.64. The number of alkyl halides is 3. The summed E-state index contributed by atoms with van der Waals surface area (Å²) in [6.45, 7) is 3.40. The molecule has 3 heterocycles. The van der Waals surface area contributed by atoms with Gasteiger partial charge in [-0.15, -0.1) is 0 Å². The maximum Gasteiger partial charge on any atom is 0.416 e. The lowest BCUT2D eigenvalue weighted by atomic mass is 9.98. The molecule has 1 aliphatic heterocycles. The number of pyridine rings is 2. The summed E-state index contributed by atoms with van der Waals surface area (Å²) < 4.78 is 38.8. The van der Waals surface area contributed by atoms with Crippen LogP contribution < -0.4 is 10.2 Å². The average molecular weight is 419 g/mol. The molecule has 1 aliphatic rings. The van der Waals surface area contributed by atoms with Gasteiger partial charge >= 0.3 is 6.18 Å². The minimum Gasteiger partial charge on any atom is -0.354 e. The number of nitrogens with zero attached hydrogens (tertiary/aromatic N) is 3. The highest BCUT2D eigenvalue weighted by Crippen LogP contribution is 2.37. The molecule has 0 aliphatic carbocycles. The highest BCUT2D eigenvalue weighted by molar-refractivity contribution is 6.33. The van der Waals surface area contributed by atoms with E-state index >= 15 is 0 Å². The zero-order valence-electron chi connectivity index (χ0n) is 15.4. The largest absolute Gasteiger partial charge is 0.416 e. The van der Waals surface area contributed by atoms with Crippen molar-refractivity contribution in [3.63, 3.8) is 0 Å². The van der Waals surface area contributed by atoms with E-state index in [4.69, 9.17) is 16.6 Å². The summed E-state index contributed by atoms with van der Waals surface area (Å²) >= 11 is 6.37. The van der Waals surface area contributed by atoms with Crippen LogP contribution in [-0.2, 0) is 6.18 Å². The molecule has 0 radical (unpaired) electrons. The molecule has 1 aromatic carbocycles. The summed E-state index contributed by atoms with van der Waals surface area (Å²) in [6.07, 6.45) is -1.22. The minimum atomic E-state index is -4.37. The normalized spacial score (nSPS) is 14.8. The lowest BCUT2D eigenvalue weighted by Crippen LogP contribution is -2.43. The van der Waals surface area contributed by atoms with Gasteiger partial charge in [0.1, 0.15) is 5.82 Å². The van der Waals surface area contributed by atoms with Crippen LogP contribution in [0, 0.1) is 0 Å². The van der Waals surface area contributed by atoms with Crippen LogP contribution in [0.25, 0.3) is 22.4 Å². The Morgan fingerprint density at radius 1 is 0.931 bits per heavy atom. The van der Waals surface area contributed by atoms with Gasteiger partial charge in [-0.2, -0.15) is 13.2 Å². The van der Waals surface area contributed by atoms with Crippen molar-refractivity contribution >= 4 is 17.4 Å². The molecule has 8 heteroatoms. The zero-order valence-corrected chi connectivity index (χ0v) is 16.1. The lowest BCUT2D eigenvalue weighted by molar-refractivity contribution is -0.137. The Balaban J connectivity index is 1.81. The van der Waals surface area contributed by atoms with E-state index in [-0.39, 0.29) is 0 Å². The summed E-state index contributed by atoms with van der Waals surface area (Å²) in [6, 6.07) is 10.6. The molecule has 1 fully saturated rings. The third-order valence-corrected chi connectivity index (χ3v) is 5.17. The second-order valence-electron chi connectivity index (χ2n) is 6.73. The van der Waals surface area contributed by atoms with Gasteiger partial charge in [-0.3, -0.25) is 4.98 Å². The van der Waals surface area contributed by atoms with Crippen molar-refractivity contribution < 1.29 is 13.2 Å². The molecular weight excluding hydrogens is 401 g/mol. The van der Waals surface area contributed by atoms with Crippen molar-refractivity contribution in [1.82, 2.24) is 15.3 Å². The van der Waals surface area contributed by atoms with Gasteiger partial charge < -0.3 is 10.2 Å². The molecule has 4 rings (SSSR count). The lowest BCUT2D eigenvalue weighted by Gasteiger charge is -2.29. The van der Waals surface area contributed by atoms with E-state index in [1.807, 2.05) is 12.1 Å². The fourth-order valence-electron chi connectivity index (χ4n) is 3.36. The average Bonchev–Trinajstić information content (AvgIpc) is 2.74.